The lowest BCUT2D eigenvalue weighted by Crippen LogP contribution is -2.23. The molecule has 10 nitrogen and oxygen atoms in total. The highest BCUT2D eigenvalue weighted by Crippen LogP contribution is 2.29. The van der Waals surface area contributed by atoms with Crippen molar-refractivity contribution in [3.63, 3.8) is 0 Å². The predicted octanol–water partition coefficient (Wildman–Crippen LogP) is 2.38. The van der Waals surface area contributed by atoms with Crippen LogP contribution >= 0.6 is 0 Å². The lowest BCUT2D eigenvalue weighted by atomic mass is 10.1. The third kappa shape index (κ3) is 3.37. The molecule has 0 aromatic carbocycles. The smallest absolute Gasteiger partial charge is 0.256 e. The molecular weight excluding hydrogens is 408 g/mol. The zero-order chi connectivity index (χ0) is 22.2. The standard InChI is InChI=1S/C22H18N8O2/c1-12-5-18-28-13(2)19-20(31)16(10-26-21(19)30(18)29-12)22(32)27-7-14-3-4-17(25-6-14)15-8-23-11-24-9-15/h3-6,8-11H,7H2,1-2H3,(H,26,31)(H,27,32). The van der Waals surface area contributed by atoms with Gasteiger partial charge in [-0.25, -0.2) is 19.9 Å². The van der Waals surface area contributed by atoms with Gasteiger partial charge in [0.25, 0.3) is 5.91 Å². The van der Waals surface area contributed by atoms with E-state index in [2.05, 4.69) is 35.3 Å². The molecule has 0 saturated heterocycles. The molecule has 0 bridgehead atoms. The van der Waals surface area contributed by atoms with Gasteiger partial charge in [0.05, 0.1) is 22.5 Å². The highest BCUT2D eigenvalue weighted by atomic mass is 16.3. The predicted molar refractivity (Wildman–Crippen MR) is 116 cm³/mol. The van der Waals surface area contributed by atoms with Crippen LogP contribution in [-0.4, -0.2) is 45.5 Å². The van der Waals surface area contributed by atoms with E-state index in [-0.39, 0.29) is 17.9 Å². The summed E-state index contributed by atoms with van der Waals surface area (Å²) < 4.78 is 1.56. The summed E-state index contributed by atoms with van der Waals surface area (Å²) in [6.45, 7) is 3.86. The van der Waals surface area contributed by atoms with Gasteiger partial charge >= 0.3 is 0 Å². The number of amides is 1. The zero-order valence-corrected chi connectivity index (χ0v) is 17.3. The summed E-state index contributed by atoms with van der Waals surface area (Å²) in [4.78, 5) is 34.0. The molecule has 2 N–H and O–H groups in total. The molecule has 1 amide bonds. The van der Waals surface area contributed by atoms with Crippen molar-refractivity contribution in [3.8, 4) is 17.0 Å². The Kier molecular flexibility index (Phi) is 4.66. The quantitative estimate of drug-likeness (QED) is 0.448. The van der Waals surface area contributed by atoms with Crippen LogP contribution in [0.1, 0.15) is 27.3 Å². The minimum atomic E-state index is -0.450. The maximum atomic E-state index is 12.8. The van der Waals surface area contributed by atoms with Gasteiger partial charge in [-0.05, 0) is 25.5 Å². The normalized spacial score (nSPS) is 11.2. The number of hydrogen-bond acceptors (Lipinski definition) is 8. The highest BCUT2D eigenvalue weighted by molar-refractivity contribution is 6.02. The van der Waals surface area contributed by atoms with Crippen LogP contribution in [0.4, 0.5) is 0 Å². The number of nitrogens with zero attached hydrogens (tertiary/aromatic N) is 7. The van der Waals surface area contributed by atoms with Gasteiger partial charge in [-0.15, -0.1) is 0 Å². The van der Waals surface area contributed by atoms with E-state index in [1.807, 2.05) is 25.1 Å². The van der Waals surface area contributed by atoms with Crippen LogP contribution in [0.2, 0.25) is 0 Å². The second kappa shape index (κ2) is 7.65. The Morgan fingerprint density at radius 3 is 2.66 bits per heavy atom. The molecule has 32 heavy (non-hydrogen) atoms. The fourth-order valence-corrected chi connectivity index (χ4v) is 3.51. The van der Waals surface area contributed by atoms with E-state index < -0.39 is 5.91 Å². The van der Waals surface area contributed by atoms with E-state index >= 15 is 0 Å². The molecule has 0 fully saturated rings. The van der Waals surface area contributed by atoms with Crippen LogP contribution in [0.15, 0.2) is 49.3 Å². The SMILES string of the molecule is Cc1cc2nc(C)c3c(O)c(C(=O)NCc4ccc(-c5cncnc5)nc4)cnc3n2n1. The molecule has 0 radical (unpaired) electrons. The number of carbonyl (C=O) groups excluding carboxylic acids is 1. The third-order valence-corrected chi connectivity index (χ3v) is 5.07. The van der Waals surface area contributed by atoms with Crippen LogP contribution in [0.3, 0.4) is 0 Å². The van der Waals surface area contributed by atoms with Gasteiger partial charge < -0.3 is 10.4 Å². The largest absolute Gasteiger partial charge is 0.506 e. The maximum absolute atomic E-state index is 12.8. The van der Waals surface area contributed by atoms with Crippen LogP contribution in [0, 0.1) is 13.8 Å². The van der Waals surface area contributed by atoms with Crippen molar-refractivity contribution in [2.45, 2.75) is 20.4 Å². The number of aromatic hydroxyl groups is 1. The first-order valence-electron chi connectivity index (χ1n) is 9.84. The molecule has 0 aliphatic carbocycles. The summed E-state index contributed by atoms with van der Waals surface area (Å²) in [5.41, 5.74) is 4.84. The van der Waals surface area contributed by atoms with Crippen molar-refractivity contribution in [3.05, 3.63) is 71.8 Å². The van der Waals surface area contributed by atoms with Crippen molar-refractivity contribution >= 4 is 22.6 Å². The Morgan fingerprint density at radius 2 is 1.91 bits per heavy atom. The van der Waals surface area contributed by atoms with Crippen LogP contribution < -0.4 is 5.32 Å². The number of fused-ring (bicyclic) bond motifs is 3. The fraction of sp³-hybridized carbons (Fsp3) is 0.136. The summed E-state index contributed by atoms with van der Waals surface area (Å²) >= 11 is 0. The summed E-state index contributed by atoms with van der Waals surface area (Å²) in [6.07, 6.45) is 7.84. The van der Waals surface area contributed by atoms with Gasteiger partial charge in [0.15, 0.2) is 11.3 Å². The van der Waals surface area contributed by atoms with Gasteiger partial charge in [0.1, 0.15) is 17.6 Å². The first kappa shape index (κ1) is 19.5. The topological polar surface area (TPSA) is 131 Å². The first-order valence-corrected chi connectivity index (χ1v) is 9.84. The number of nitrogens with one attached hydrogen (secondary N) is 1. The van der Waals surface area contributed by atoms with Crippen LogP contribution in [0.25, 0.3) is 27.9 Å². The molecule has 5 aromatic rings. The molecule has 158 valence electrons. The minimum absolute atomic E-state index is 0.0663. The molecule has 0 saturated carbocycles. The van der Waals surface area contributed by atoms with E-state index in [9.17, 15) is 9.90 Å². The second-order valence-electron chi connectivity index (χ2n) is 7.33. The van der Waals surface area contributed by atoms with Crippen molar-refractivity contribution in [1.29, 1.82) is 0 Å². The maximum Gasteiger partial charge on any atom is 0.256 e. The molecule has 0 unspecified atom stereocenters. The van der Waals surface area contributed by atoms with Crippen molar-refractivity contribution < 1.29 is 9.90 Å². The molecule has 5 heterocycles. The summed E-state index contributed by atoms with van der Waals surface area (Å²) in [5, 5.41) is 18.4. The van der Waals surface area contributed by atoms with E-state index in [1.54, 1.807) is 30.0 Å². The number of carbonyl (C=O) groups is 1. The number of aryl methyl sites for hydroxylation is 2. The monoisotopic (exact) mass is 426 g/mol. The van der Waals surface area contributed by atoms with Gasteiger partial charge in [-0.2, -0.15) is 9.61 Å². The van der Waals surface area contributed by atoms with Crippen LogP contribution in [-0.2, 0) is 6.54 Å². The highest BCUT2D eigenvalue weighted by Gasteiger charge is 2.19. The third-order valence-electron chi connectivity index (χ3n) is 5.07. The van der Waals surface area contributed by atoms with Gasteiger partial charge in [0, 0.05) is 43.0 Å². The second-order valence-corrected chi connectivity index (χ2v) is 7.33. The average molecular weight is 426 g/mol. The summed E-state index contributed by atoms with van der Waals surface area (Å²) in [5.74, 6) is -0.626. The Hall–Kier alpha value is -4.47. The molecule has 0 aliphatic rings. The minimum Gasteiger partial charge on any atom is -0.506 e. The lowest BCUT2D eigenvalue weighted by molar-refractivity contribution is 0.0948. The number of pyridine rings is 2. The molecule has 5 rings (SSSR count). The Labute approximate surface area is 182 Å². The summed E-state index contributed by atoms with van der Waals surface area (Å²) in [6, 6.07) is 5.52. The molecular formula is C22H18N8O2. The van der Waals surface area contributed by atoms with Crippen molar-refractivity contribution in [2.24, 2.45) is 0 Å². The Morgan fingerprint density at radius 1 is 1.09 bits per heavy atom. The van der Waals surface area contributed by atoms with Gasteiger partial charge in [-0.3, -0.25) is 9.78 Å². The summed E-state index contributed by atoms with van der Waals surface area (Å²) in [7, 11) is 0. The molecule has 0 aliphatic heterocycles. The zero-order valence-electron chi connectivity index (χ0n) is 17.3. The van der Waals surface area contributed by atoms with E-state index in [1.165, 1.54) is 12.5 Å². The van der Waals surface area contributed by atoms with Crippen molar-refractivity contribution in [2.75, 3.05) is 0 Å². The number of rotatable bonds is 4. The average Bonchev–Trinajstić information content (AvgIpc) is 3.18. The van der Waals surface area contributed by atoms with E-state index in [4.69, 9.17) is 0 Å². The van der Waals surface area contributed by atoms with Crippen LogP contribution in [0.5, 0.6) is 5.75 Å². The first-order chi connectivity index (χ1) is 15.5. The molecule has 5 aromatic heterocycles. The lowest BCUT2D eigenvalue weighted by Gasteiger charge is -2.11. The fourth-order valence-electron chi connectivity index (χ4n) is 3.51. The molecule has 10 heteroatoms. The van der Waals surface area contributed by atoms with E-state index in [0.29, 0.717) is 22.4 Å². The number of hydrogen-bond donors (Lipinski definition) is 2. The Balaban J connectivity index is 1.38. The molecule has 0 atom stereocenters. The molecule has 0 spiro atoms. The van der Waals surface area contributed by atoms with Gasteiger partial charge in [-0.1, -0.05) is 6.07 Å². The van der Waals surface area contributed by atoms with E-state index in [0.717, 1.165) is 22.5 Å². The Bertz CT molecular complexity index is 1460. The van der Waals surface area contributed by atoms with Gasteiger partial charge in [0.2, 0.25) is 0 Å². The van der Waals surface area contributed by atoms with Crippen molar-refractivity contribution in [1.82, 2.24) is 39.9 Å². The number of aromatic nitrogens is 7.